The highest BCUT2D eigenvalue weighted by Crippen LogP contribution is 2.37. The maximum absolute atomic E-state index is 14.0. The number of anilines is 1. The number of nitrogens with one attached hydrogen (secondary N) is 1. The molecule has 0 aliphatic carbocycles. The van der Waals surface area contributed by atoms with E-state index in [0.29, 0.717) is 34.3 Å². The maximum Gasteiger partial charge on any atom is 0.418 e. The quantitative estimate of drug-likeness (QED) is 0.423. The first-order valence-corrected chi connectivity index (χ1v) is 10.8. The third kappa shape index (κ3) is 4.01. The number of alkyl halides is 3. The second-order valence-corrected chi connectivity index (χ2v) is 8.27. The summed E-state index contributed by atoms with van der Waals surface area (Å²) in [5.74, 6) is -0.689. The smallest absolute Gasteiger partial charge is 0.418 e. The molecule has 1 saturated heterocycles. The number of nitrogens with zero attached hydrogens (tertiary/aromatic N) is 3. The van der Waals surface area contributed by atoms with Gasteiger partial charge in [0.05, 0.1) is 24.5 Å². The van der Waals surface area contributed by atoms with Gasteiger partial charge in [0, 0.05) is 35.9 Å². The van der Waals surface area contributed by atoms with E-state index in [1.54, 1.807) is 11.0 Å². The van der Waals surface area contributed by atoms with Crippen LogP contribution in [-0.4, -0.2) is 46.2 Å². The molecule has 1 aliphatic rings. The zero-order chi connectivity index (χ0) is 24.9. The Morgan fingerprint density at radius 2 is 1.97 bits per heavy atom. The number of fused-ring (bicyclic) bond motifs is 1. The van der Waals surface area contributed by atoms with E-state index in [1.165, 1.54) is 37.6 Å². The van der Waals surface area contributed by atoms with Crippen LogP contribution >= 0.6 is 0 Å². The lowest BCUT2D eigenvalue weighted by molar-refractivity contribution is -0.137. The predicted molar refractivity (Wildman–Crippen MR) is 121 cm³/mol. The van der Waals surface area contributed by atoms with E-state index in [0.717, 1.165) is 12.1 Å². The van der Waals surface area contributed by atoms with Crippen molar-refractivity contribution in [2.45, 2.75) is 18.7 Å². The van der Waals surface area contributed by atoms with Crippen LogP contribution in [0.3, 0.4) is 0 Å². The Morgan fingerprint density at radius 1 is 1.17 bits per heavy atom. The number of methoxy groups -OCH3 is 1. The number of hydrogen-bond donors (Lipinski definition) is 2. The first-order valence-electron chi connectivity index (χ1n) is 10.8. The number of aromatic amines is 1. The Morgan fingerprint density at radius 3 is 2.66 bits per heavy atom. The predicted octanol–water partition coefficient (Wildman–Crippen LogP) is 4.12. The molecule has 182 valence electrons. The van der Waals surface area contributed by atoms with Crippen LogP contribution in [0.15, 0.2) is 53.5 Å². The fourth-order valence-corrected chi connectivity index (χ4v) is 4.34. The van der Waals surface area contributed by atoms with E-state index in [9.17, 15) is 27.5 Å². The molecule has 1 aliphatic heterocycles. The van der Waals surface area contributed by atoms with Gasteiger partial charge in [0.2, 0.25) is 0 Å². The summed E-state index contributed by atoms with van der Waals surface area (Å²) in [5, 5.41) is 14.5. The van der Waals surface area contributed by atoms with E-state index in [1.807, 2.05) is 0 Å². The van der Waals surface area contributed by atoms with Gasteiger partial charge in [0.1, 0.15) is 11.2 Å². The molecule has 2 aromatic heterocycles. The Labute approximate surface area is 196 Å². The van der Waals surface area contributed by atoms with Gasteiger partial charge in [0.15, 0.2) is 11.6 Å². The van der Waals surface area contributed by atoms with Crippen molar-refractivity contribution in [3.05, 3.63) is 70.4 Å². The first-order chi connectivity index (χ1) is 16.7. The molecule has 1 fully saturated rings. The summed E-state index contributed by atoms with van der Waals surface area (Å²) in [4.78, 5) is 17.8. The molecule has 0 radical (unpaired) electrons. The van der Waals surface area contributed by atoms with Crippen molar-refractivity contribution in [1.29, 1.82) is 0 Å². The minimum absolute atomic E-state index is 0.0495. The van der Waals surface area contributed by atoms with Gasteiger partial charge in [-0.05, 0) is 48.9 Å². The van der Waals surface area contributed by atoms with Crippen LogP contribution in [0.2, 0.25) is 0 Å². The topological polar surface area (TPSA) is 83.4 Å². The Balaban J connectivity index is 1.77. The van der Waals surface area contributed by atoms with Crippen molar-refractivity contribution in [3.8, 4) is 22.7 Å². The van der Waals surface area contributed by atoms with Crippen LogP contribution in [-0.2, 0) is 6.18 Å². The minimum atomic E-state index is -4.76. The number of β-amino-alcohol motifs (C(OH)–C–C–N with tert-alkyl or cyclic N) is 1. The molecular weight excluding hydrogens is 468 g/mol. The van der Waals surface area contributed by atoms with E-state index < -0.39 is 34.9 Å². The number of aromatic nitrogens is 3. The molecule has 2 aromatic carbocycles. The molecule has 3 heterocycles. The summed E-state index contributed by atoms with van der Waals surface area (Å²) >= 11 is 0. The number of aliphatic hydroxyl groups excluding tert-OH is 1. The highest BCUT2D eigenvalue weighted by molar-refractivity contribution is 5.92. The fraction of sp³-hybridized carbons (Fsp3) is 0.250. The lowest BCUT2D eigenvalue weighted by Gasteiger charge is -2.21. The average Bonchev–Trinajstić information content (AvgIpc) is 3.49. The third-order valence-electron chi connectivity index (χ3n) is 6.08. The number of rotatable bonds is 4. The number of aliphatic hydroxyl groups is 1. The van der Waals surface area contributed by atoms with Gasteiger partial charge in [-0.15, -0.1) is 0 Å². The molecule has 0 amide bonds. The first kappa shape index (κ1) is 22.9. The van der Waals surface area contributed by atoms with Crippen molar-refractivity contribution in [1.82, 2.24) is 14.8 Å². The molecule has 5 rings (SSSR count). The number of halogens is 4. The molecule has 7 nitrogen and oxygen atoms in total. The van der Waals surface area contributed by atoms with Crippen molar-refractivity contribution in [2.75, 3.05) is 25.1 Å². The van der Waals surface area contributed by atoms with Crippen LogP contribution in [0.4, 0.5) is 23.2 Å². The second kappa shape index (κ2) is 8.42. The van der Waals surface area contributed by atoms with Gasteiger partial charge < -0.3 is 19.7 Å². The molecule has 1 unspecified atom stereocenters. The standard InChI is InChI=1S/C24H20F4N4O3/c1-35-20-10-13(2-5-18(20)25)21-16-6-8-29-22(16)23(34)32(30-21)19-11-14(31-9-7-15(33)12-31)3-4-17(19)24(26,27)28/h2-6,8,10-11,15,29,33H,7,9,12H2,1H3. The SMILES string of the molecule is COc1cc(-c2nn(-c3cc(N4CCC(O)C4)ccc3C(F)(F)F)c(=O)c3[nH]ccc23)ccc1F. The molecule has 0 bridgehead atoms. The van der Waals surface area contributed by atoms with E-state index in [-0.39, 0.29) is 23.5 Å². The molecule has 1 atom stereocenters. The lowest BCUT2D eigenvalue weighted by atomic mass is 10.1. The van der Waals surface area contributed by atoms with E-state index in [4.69, 9.17) is 4.74 Å². The number of H-pyrrole nitrogens is 1. The minimum Gasteiger partial charge on any atom is -0.494 e. The summed E-state index contributed by atoms with van der Waals surface area (Å²) in [6.45, 7) is 0.730. The van der Waals surface area contributed by atoms with Crippen LogP contribution in [0.5, 0.6) is 5.75 Å². The van der Waals surface area contributed by atoms with Crippen molar-refractivity contribution >= 4 is 16.6 Å². The van der Waals surface area contributed by atoms with Gasteiger partial charge in [-0.2, -0.15) is 23.0 Å². The Hall–Kier alpha value is -3.86. The normalized spacial score (nSPS) is 16.3. The van der Waals surface area contributed by atoms with Crippen LogP contribution in [0.25, 0.3) is 27.8 Å². The zero-order valence-corrected chi connectivity index (χ0v) is 18.4. The Kier molecular flexibility index (Phi) is 5.51. The number of ether oxygens (including phenoxy) is 1. The van der Waals surface area contributed by atoms with Crippen LogP contribution < -0.4 is 15.2 Å². The fourth-order valence-electron chi connectivity index (χ4n) is 4.34. The van der Waals surface area contributed by atoms with Crippen LogP contribution in [0, 0.1) is 5.82 Å². The summed E-state index contributed by atoms with van der Waals surface area (Å²) in [5.41, 5.74) is -1.25. The van der Waals surface area contributed by atoms with Crippen molar-refractivity contribution in [2.24, 2.45) is 0 Å². The number of benzene rings is 2. The van der Waals surface area contributed by atoms with Crippen molar-refractivity contribution in [3.63, 3.8) is 0 Å². The second-order valence-electron chi connectivity index (χ2n) is 8.27. The molecule has 0 spiro atoms. The average molecular weight is 488 g/mol. The van der Waals surface area contributed by atoms with Crippen LogP contribution in [0.1, 0.15) is 12.0 Å². The van der Waals surface area contributed by atoms with Gasteiger partial charge in [-0.3, -0.25) is 4.79 Å². The van der Waals surface area contributed by atoms with Gasteiger partial charge in [0.25, 0.3) is 5.56 Å². The Bertz CT molecular complexity index is 1480. The highest BCUT2D eigenvalue weighted by Gasteiger charge is 2.36. The van der Waals surface area contributed by atoms with E-state index in [2.05, 4.69) is 10.1 Å². The largest absolute Gasteiger partial charge is 0.494 e. The van der Waals surface area contributed by atoms with Gasteiger partial charge in [-0.1, -0.05) is 0 Å². The molecule has 4 aromatic rings. The molecule has 0 saturated carbocycles. The molecule has 11 heteroatoms. The highest BCUT2D eigenvalue weighted by atomic mass is 19.4. The lowest BCUT2D eigenvalue weighted by Crippen LogP contribution is -2.26. The van der Waals surface area contributed by atoms with Gasteiger partial charge in [-0.25, -0.2) is 4.39 Å². The number of hydrogen-bond acceptors (Lipinski definition) is 5. The summed E-state index contributed by atoms with van der Waals surface area (Å²) in [7, 11) is 1.29. The summed E-state index contributed by atoms with van der Waals surface area (Å²) in [6, 6.07) is 8.98. The van der Waals surface area contributed by atoms with Gasteiger partial charge >= 0.3 is 6.18 Å². The third-order valence-corrected chi connectivity index (χ3v) is 6.08. The summed E-state index contributed by atoms with van der Waals surface area (Å²) in [6.07, 6.45) is -3.38. The molecule has 2 N–H and O–H groups in total. The summed E-state index contributed by atoms with van der Waals surface area (Å²) < 4.78 is 61.7. The van der Waals surface area contributed by atoms with E-state index >= 15 is 0 Å². The monoisotopic (exact) mass is 488 g/mol. The molecule has 35 heavy (non-hydrogen) atoms. The maximum atomic E-state index is 14.0. The molecular formula is C24H20F4N4O3. The van der Waals surface area contributed by atoms with Crippen molar-refractivity contribution < 1.29 is 27.4 Å². The zero-order valence-electron chi connectivity index (χ0n) is 18.4.